The second-order valence-electron chi connectivity index (χ2n) is 3.89. The van der Waals surface area contributed by atoms with Crippen molar-refractivity contribution < 1.29 is 8.42 Å². The van der Waals surface area contributed by atoms with Gasteiger partial charge < -0.3 is 0 Å². The van der Waals surface area contributed by atoms with Gasteiger partial charge in [0.15, 0.2) is 0 Å². The highest BCUT2D eigenvalue weighted by atomic mass is 32.2. The summed E-state index contributed by atoms with van der Waals surface area (Å²) in [4.78, 5) is 0. The summed E-state index contributed by atoms with van der Waals surface area (Å²) in [6.45, 7) is 1.97. The van der Waals surface area contributed by atoms with Gasteiger partial charge in [0.1, 0.15) is 9.84 Å². The number of benzene rings is 1. The summed E-state index contributed by atoms with van der Waals surface area (Å²) in [5.74, 6) is 0.453. The number of hydrogen-bond donors (Lipinski definition) is 0. The Morgan fingerprint density at radius 1 is 1.21 bits per heavy atom. The van der Waals surface area contributed by atoms with Crippen LogP contribution in [-0.4, -0.2) is 20.4 Å². The van der Waals surface area contributed by atoms with E-state index in [-0.39, 0.29) is 11.7 Å². The minimum atomic E-state index is -2.84. The van der Waals surface area contributed by atoms with Crippen molar-refractivity contribution in [2.75, 3.05) is 12.0 Å². The molecule has 0 N–H and O–H groups in total. The third-order valence-electron chi connectivity index (χ3n) is 2.01. The standard InChI is InChI=1S/C11H16O2S/c1-10(9-14(2,12)13)8-11-6-4-3-5-7-11/h3-7,10H,8-9H2,1-2H3/t10-/m0/s1. The lowest BCUT2D eigenvalue weighted by molar-refractivity contribution is 0.575. The summed E-state index contributed by atoms with van der Waals surface area (Å²) in [5, 5.41) is 0. The molecule has 0 bridgehead atoms. The molecule has 0 unspecified atom stereocenters. The third kappa shape index (κ3) is 4.42. The topological polar surface area (TPSA) is 34.1 Å². The fourth-order valence-corrected chi connectivity index (χ4v) is 2.74. The van der Waals surface area contributed by atoms with Crippen molar-refractivity contribution in [1.29, 1.82) is 0 Å². The van der Waals surface area contributed by atoms with Crippen LogP contribution >= 0.6 is 0 Å². The molecule has 0 heterocycles. The maximum atomic E-state index is 11.0. The first-order valence-electron chi connectivity index (χ1n) is 4.69. The first-order valence-corrected chi connectivity index (χ1v) is 6.75. The molecule has 3 heteroatoms. The monoisotopic (exact) mass is 212 g/mol. The normalized spacial score (nSPS) is 13.9. The number of sulfone groups is 1. The molecule has 0 fully saturated rings. The maximum Gasteiger partial charge on any atom is 0.147 e. The van der Waals surface area contributed by atoms with Crippen LogP contribution in [0.15, 0.2) is 30.3 Å². The molecule has 0 saturated carbocycles. The van der Waals surface area contributed by atoms with Crippen molar-refractivity contribution in [1.82, 2.24) is 0 Å². The Hall–Kier alpha value is -0.830. The molecule has 0 aliphatic heterocycles. The third-order valence-corrected chi connectivity index (χ3v) is 3.19. The van der Waals surface area contributed by atoms with Crippen LogP contribution in [0.25, 0.3) is 0 Å². The molecule has 1 aromatic rings. The molecule has 0 amide bonds. The Labute approximate surface area is 85.9 Å². The van der Waals surface area contributed by atoms with E-state index in [1.165, 1.54) is 11.8 Å². The summed E-state index contributed by atoms with van der Waals surface area (Å²) < 4.78 is 22.1. The van der Waals surface area contributed by atoms with Crippen molar-refractivity contribution in [2.45, 2.75) is 13.3 Å². The van der Waals surface area contributed by atoms with Gasteiger partial charge in [-0.1, -0.05) is 37.3 Å². The summed E-state index contributed by atoms with van der Waals surface area (Å²) in [5.41, 5.74) is 1.20. The van der Waals surface area contributed by atoms with Gasteiger partial charge in [-0.05, 0) is 17.9 Å². The molecule has 1 rings (SSSR count). The lowest BCUT2D eigenvalue weighted by Crippen LogP contribution is -2.14. The Kier molecular flexibility index (Phi) is 3.69. The van der Waals surface area contributed by atoms with Crippen LogP contribution in [0, 0.1) is 5.92 Å². The summed E-state index contributed by atoms with van der Waals surface area (Å²) in [7, 11) is -2.84. The fraction of sp³-hybridized carbons (Fsp3) is 0.455. The van der Waals surface area contributed by atoms with Gasteiger partial charge in [-0.3, -0.25) is 0 Å². The lowest BCUT2D eigenvalue weighted by Gasteiger charge is -2.09. The molecular weight excluding hydrogens is 196 g/mol. The van der Waals surface area contributed by atoms with Crippen molar-refractivity contribution >= 4 is 9.84 Å². The van der Waals surface area contributed by atoms with Crippen molar-refractivity contribution in [3.8, 4) is 0 Å². The fourth-order valence-electron chi connectivity index (χ4n) is 1.59. The molecule has 0 aliphatic rings. The van der Waals surface area contributed by atoms with E-state index >= 15 is 0 Å². The van der Waals surface area contributed by atoms with Crippen molar-refractivity contribution in [3.05, 3.63) is 35.9 Å². The molecule has 78 valence electrons. The lowest BCUT2D eigenvalue weighted by atomic mass is 10.0. The molecule has 0 saturated heterocycles. The van der Waals surface area contributed by atoms with Gasteiger partial charge in [-0.25, -0.2) is 8.42 Å². The number of hydrogen-bond acceptors (Lipinski definition) is 2. The van der Waals surface area contributed by atoms with E-state index in [1.807, 2.05) is 37.3 Å². The predicted octanol–water partition coefficient (Wildman–Crippen LogP) is 1.91. The molecule has 1 aromatic carbocycles. The van der Waals surface area contributed by atoms with E-state index in [1.54, 1.807) is 0 Å². The highest BCUT2D eigenvalue weighted by Gasteiger charge is 2.10. The Bertz CT molecular complexity index is 368. The Morgan fingerprint density at radius 3 is 2.29 bits per heavy atom. The number of rotatable bonds is 4. The van der Waals surface area contributed by atoms with Crippen LogP contribution < -0.4 is 0 Å². The molecule has 1 atom stereocenters. The molecule has 0 radical (unpaired) electrons. The zero-order valence-corrected chi connectivity index (χ0v) is 9.42. The molecule has 2 nitrogen and oxygen atoms in total. The van der Waals surface area contributed by atoms with E-state index in [9.17, 15) is 8.42 Å². The first-order chi connectivity index (χ1) is 6.47. The van der Waals surface area contributed by atoms with Crippen LogP contribution in [0.4, 0.5) is 0 Å². The average Bonchev–Trinajstić information content (AvgIpc) is 2.02. The smallest absolute Gasteiger partial charge is 0.147 e. The summed E-state index contributed by atoms with van der Waals surface area (Å²) in [6.07, 6.45) is 2.11. The second-order valence-corrected chi connectivity index (χ2v) is 6.07. The van der Waals surface area contributed by atoms with E-state index in [2.05, 4.69) is 0 Å². The van der Waals surface area contributed by atoms with Crippen molar-refractivity contribution in [3.63, 3.8) is 0 Å². The average molecular weight is 212 g/mol. The van der Waals surface area contributed by atoms with E-state index < -0.39 is 9.84 Å². The van der Waals surface area contributed by atoms with Crippen molar-refractivity contribution in [2.24, 2.45) is 5.92 Å². The quantitative estimate of drug-likeness (QED) is 0.764. The zero-order chi connectivity index (χ0) is 10.6. The van der Waals surface area contributed by atoms with Gasteiger partial charge in [0.05, 0.1) is 5.75 Å². The Balaban J connectivity index is 2.54. The van der Waals surface area contributed by atoms with Crippen LogP contribution in [0.5, 0.6) is 0 Å². The Morgan fingerprint density at radius 2 is 1.79 bits per heavy atom. The van der Waals surface area contributed by atoms with Gasteiger partial charge in [-0.2, -0.15) is 0 Å². The molecule has 0 aliphatic carbocycles. The highest BCUT2D eigenvalue weighted by molar-refractivity contribution is 7.90. The largest absolute Gasteiger partial charge is 0.229 e. The SMILES string of the molecule is C[C@@H](Cc1ccccc1)CS(C)(=O)=O. The van der Waals surface area contributed by atoms with Crippen LogP contribution in [0.2, 0.25) is 0 Å². The predicted molar refractivity (Wildman–Crippen MR) is 59.0 cm³/mol. The van der Waals surface area contributed by atoms with Crippen LogP contribution in [-0.2, 0) is 16.3 Å². The van der Waals surface area contributed by atoms with Gasteiger partial charge in [0.2, 0.25) is 0 Å². The van der Waals surface area contributed by atoms with Gasteiger partial charge in [0.25, 0.3) is 0 Å². The molecule has 14 heavy (non-hydrogen) atoms. The molecule has 0 aromatic heterocycles. The molecule has 0 spiro atoms. The van der Waals surface area contributed by atoms with Gasteiger partial charge in [0, 0.05) is 6.26 Å². The summed E-state index contributed by atoms with van der Waals surface area (Å²) in [6, 6.07) is 9.97. The van der Waals surface area contributed by atoms with E-state index in [4.69, 9.17) is 0 Å². The second kappa shape index (κ2) is 4.60. The van der Waals surface area contributed by atoms with Gasteiger partial charge in [-0.15, -0.1) is 0 Å². The highest BCUT2D eigenvalue weighted by Crippen LogP contribution is 2.09. The minimum absolute atomic E-state index is 0.187. The van der Waals surface area contributed by atoms with Crippen LogP contribution in [0.1, 0.15) is 12.5 Å². The van der Waals surface area contributed by atoms with Crippen LogP contribution in [0.3, 0.4) is 0 Å². The molecular formula is C11H16O2S. The zero-order valence-electron chi connectivity index (χ0n) is 8.60. The maximum absolute atomic E-state index is 11.0. The minimum Gasteiger partial charge on any atom is -0.229 e. The van der Waals surface area contributed by atoms with E-state index in [0.29, 0.717) is 0 Å². The summed E-state index contributed by atoms with van der Waals surface area (Å²) >= 11 is 0. The first kappa shape index (κ1) is 11.2. The van der Waals surface area contributed by atoms with E-state index in [0.717, 1.165) is 6.42 Å². The van der Waals surface area contributed by atoms with Gasteiger partial charge >= 0.3 is 0 Å².